The van der Waals surface area contributed by atoms with Crippen LogP contribution in [0.1, 0.15) is 24.5 Å². The van der Waals surface area contributed by atoms with Gasteiger partial charge in [0.2, 0.25) is 0 Å². The summed E-state index contributed by atoms with van der Waals surface area (Å²) in [5.41, 5.74) is 0.760. The number of aldehydes is 1. The molecule has 1 aliphatic carbocycles. The SMILES string of the molecule is Cc1ccc(C)c(OC2=CC(C(C)(C=O)C(=O)O)C2)c1. The van der Waals surface area contributed by atoms with Crippen molar-refractivity contribution < 1.29 is 19.4 Å². The Labute approximate surface area is 118 Å². The molecule has 0 bridgehead atoms. The number of hydrogen-bond donors (Lipinski definition) is 1. The number of aryl methyl sites for hydroxylation is 2. The molecule has 106 valence electrons. The molecule has 1 aromatic carbocycles. The number of rotatable bonds is 5. The number of carboxylic acid groups (broad SMARTS) is 1. The molecule has 0 aromatic heterocycles. The predicted octanol–water partition coefficient (Wildman–Crippen LogP) is 2.88. The van der Waals surface area contributed by atoms with Crippen LogP contribution in [-0.2, 0) is 9.59 Å². The van der Waals surface area contributed by atoms with Crippen molar-refractivity contribution in [3.63, 3.8) is 0 Å². The van der Waals surface area contributed by atoms with Crippen LogP contribution in [0.5, 0.6) is 5.75 Å². The molecule has 0 spiro atoms. The van der Waals surface area contributed by atoms with Crippen LogP contribution in [0.3, 0.4) is 0 Å². The summed E-state index contributed by atoms with van der Waals surface area (Å²) in [5.74, 6) is 0.0907. The number of carbonyl (C=O) groups excluding carboxylic acids is 1. The van der Waals surface area contributed by atoms with Gasteiger partial charge in [0.25, 0.3) is 0 Å². The normalized spacial score (nSPS) is 20.4. The summed E-state index contributed by atoms with van der Waals surface area (Å²) in [6.45, 7) is 5.38. The first-order valence-corrected chi connectivity index (χ1v) is 6.52. The maximum atomic E-state index is 11.1. The molecule has 20 heavy (non-hydrogen) atoms. The minimum atomic E-state index is -1.37. The third kappa shape index (κ3) is 2.46. The summed E-state index contributed by atoms with van der Waals surface area (Å²) >= 11 is 0. The van der Waals surface area contributed by atoms with Gasteiger partial charge in [-0.2, -0.15) is 0 Å². The molecular weight excluding hydrogens is 256 g/mol. The van der Waals surface area contributed by atoms with Crippen molar-refractivity contribution in [2.24, 2.45) is 11.3 Å². The van der Waals surface area contributed by atoms with E-state index < -0.39 is 11.4 Å². The molecule has 0 saturated heterocycles. The van der Waals surface area contributed by atoms with Gasteiger partial charge in [-0.1, -0.05) is 12.1 Å². The summed E-state index contributed by atoms with van der Waals surface area (Å²) in [7, 11) is 0. The smallest absolute Gasteiger partial charge is 0.317 e. The fourth-order valence-corrected chi connectivity index (χ4v) is 2.12. The van der Waals surface area contributed by atoms with Gasteiger partial charge in [0.15, 0.2) is 0 Å². The van der Waals surface area contributed by atoms with E-state index in [0.717, 1.165) is 22.6 Å². The van der Waals surface area contributed by atoms with Crippen molar-refractivity contribution in [1.29, 1.82) is 0 Å². The van der Waals surface area contributed by atoms with Gasteiger partial charge in [-0.05, 0) is 44.0 Å². The highest BCUT2D eigenvalue weighted by molar-refractivity contribution is 5.92. The number of benzene rings is 1. The van der Waals surface area contributed by atoms with Gasteiger partial charge < -0.3 is 14.6 Å². The average molecular weight is 274 g/mol. The molecule has 1 aliphatic rings. The van der Waals surface area contributed by atoms with Crippen LogP contribution in [0, 0.1) is 25.2 Å². The average Bonchev–Trinajstić information content (AvgIpc) is 2.36. The zero-order valence-electron chi connectivity index (χ0n) is 11.8. The predicted molar refractivity (Wildman–Crippen MR) is 74.5 cm³/mol. The van der Waals surface area contributed by atoms with E-state index in [1.807, 2.05) is 32.0 Å². The van der Waals surface area contributed by atoms with E-state index in [1.54, 1.807) is 6.08 Å². The quantitative estimate of drug-likeness (QED) is 0.662. The third-order valence-electron chi connectivity index (χ3n) is 3.87. The van der Waals surface area contributed by atoms with Gasteiger partial charge in [-0.3, -0.25) is 4.79 Å². The van der Waals surface area contributed by atoms with Gasteiger partial charge in [0.05, 0.1) is 0 Å². The molecule has 0 amide bonds. The molecule has 2 unspecified atom stereocenters. The Hall–Kier alpha value is -2.10. The van der Waals surface area contributed by atoms with E-state index in [1.165, 1.54) is 6.92 Å². The molecule has 0 fully saturated rings. The molecular formula is C16H18O4. The lowest BCUT2D eigenvalue weighted by atomic mass is 9.71. The first-order chi connectivity index (χ1) is 9.36. The lowest BCUT2D eigenvalue weighted by Gasteiger charge is -2.34. The lowest BCUT2D eigenvalue weighted by Crippen LogP contribution is -2.40. The van der Waals surface area contributed by atoms with Crippen LogP contribution in [0.2, 0.25) is 0 Å². The van der Waals surface area contributed by atoms with Crippen LogP contribution >= 0.6 is 0 Å². The molecule has 1 aromatic rings. The van der Waals surface area contributed by atoms with E-state index in [9.17, 15) is 9.59 Å². The van der Waals surface area contributed by atoms with Crippen LogP contribution in [0.4, 0.5) is 0 Å². The van der Waals surface area contributed by atoms with Crippen molar-refractivity contribution in [3.05, 3.63) is 41.2 Å². The number of carbonyl (C=O) groups is 2. The fraction of sp³-hybridized carbons (Fsp3) is 0.375. The highest BCUT2D eigenvalue weighted by Crippen LogP contribution is 2.40. The monoisotopic (exact) mass is 274 g/mol. The van der Waals surface area contributed by atoms with Crippen molar-refractivity contribution in [2.45, 2.75) is 27.2 Å². The molecule has 2 rings (SSSR count). The van der Waals surface area contributed by atoms with Crippen molar-refractivity contribution in [2.75, 3.05) is 0 Å². The van der Waals surface area contributed by atoms with Crippen LogP contribution < -0.4 is 4.74 Å². The Bertz CT molecular complexity index is 588. The summed E-state index contributed by atoms with van der Waals surface area (Å²) < 4.78 is 5.76. The van der Waals surface area contributed by atoms with E-state index >= 15 is 0 Å². The van der Waals surface area contributed by atoms with E-state index in [2.05, 4.69) is 0 Å². The Morgan fingerprint density at radius 3 is 2.65 bits per heavy atom. The number of aliphatic carboxylic acids is 1. The van der Waals surface area contributed by atoms with Gasteiger partial charge in [-0.25, -0.2) is 0 Å². The molecule has 4 nitrogen and oxygen atoms in total. The minimum Gasteiger partial charge on any atom is -0.480 e. The number of hydrogen-bond acceptors (Lipinski definition) is 3. The zero-order chi connectivity index (χ0) is 14.9. The number of carboxylic acids is 1. The molecule has 4 heteroatoms. The Morgan fingerprint density at radius 1 is 1.45 bits per heavy atom. The highest BCUT2D eigenvalue weighted by atomic mass is 16.5. The lowest BCUT2D eigenvalue weighted by molar-refractivity contribution is -0.153. The summed E-state index contributed by atoms with van der Waals surface area (Å²) in [6, 6.07) is 5.93. The second-order valence-corrected chi connectivity index (χ2v) is 5.52. The molecule has 0 saturated carbocycles. The van der Waals surface area contributed by atoms with E-state index in [4.69, 9.17) is 9.84 Å². The van der Waals surface area contributed by atoms with E-state index in [-0.39, 0.29) is 5.92 Å². The van der Waals surface area contributed by atoms with Crippen molar-refractivity contribution in [1.82, 2.24) is 0 Å². The number of allylic oxidation sites excluding steroid dienone is 2. The van der Waals surface area contributed by atoms with Gasteiger partial charge >= 0.3 is 5.97 Å². The maximum absolute atomic E-state index is 11.1. The third-order valence-corrected chi connectivity index (χ3v) is 3.87. The summed E-state index contributed by atoms with van der Waals surface area (Å²) in [4.78, 5) is 22.2. The van der Waals surface area contributed by atoms with Crippen LogP contribution in [-0.4, -0.2) is 17.4 Å². The molecule has 0 heterocycles. The standard InChI is InChI=1S/C16H18O4/c1-10-4-5-11(2)14(6-10)20-13-7-12(8-13)16(3,9-17)15(18)19/h4-7,9,12H,8H2,1-3H3,(H,18,19). The second kappa shape index (κ2) is 5.12. The molecule has 2 atom stereocenters. The minimum absolute atomic E-state index is 0.308. The Balaban J connectivity index is 2.12. The topological polar surface area (TPSA) is 63.6 Å². The molecule has 0 radical (unpaired) electrons. The number of ether oxygens (including phenoxy) is 1. The Kier molecular flexibility index (Phi) is 3.66. The second-order valence-electron chi connectivity index (χ2n) is 5.52. The first kappa shape index (κ1) is 14.3. The largest absolute Gasteiger partial charge is 0.480 e. The first-order valence-electron chi connectivity index (χ1n) is 6.52. The molecule has 0 aliphatic heterocycles. The van der Waals surface area contributed by atoms with Gasteiger partial charge in [0, 0.05) is 12.3 Å². The molecule has 1 N–H and O–H groups in total. The summed E-state index contributed by atoms with van der Waals surface area (Å²) in [5, 5.41) is 9.12. The van der Waals surface area contributed by atoms with E-state index in [0.29, 0.717) is 12.7 Å². The van der Waals surface area contributed by atoms with Crippen LogP contribution in [0.15, 0.2) is 30.0 Å². The van der Waals surface area contributed by atoms with Crippen molar-refractivity contribution in [3.8, 4) is 5.75 Å². The van der Waals surface area contributed by atoms with Crippen molar-refractivity contribution >= 4 is 12.3 Å². The van der Waals surface area contributed by atoms with Gasteiger partial charge in [0.1, 0.15) is 23.2 Å². The zero-order valence-corrected chi connectivity index (χ0v) is 11.8. The maximum Gasteiger partial charge on any atom is 0.317 e. The Morgan fingerprint density at radius 2 is 2.10 bits per heavy atom. The van der Waals surface area contributed by atoms with Gasteiger partial charge in [-0.15, -0.1) is 0 Å². The fourth-order valence-electron chi connectivity index (χ4n) is 2.12. The highest BCUT2D eigenvalue weighted by Gasteiger charge is 2.45. The van der Waals surface area contributed by atoms with Crippen LogP contribution in [0.25, 0.3) is 0 Å². The summed E-state index contributed by atoms with van der Waals surface area (Å²) in [6.07, 6.45) is 2.70.